The van der Waals surface area contributed by atoms with Crippen LogP contribution in [0.5, 0.6) is 0 Å². The molecule has 2 aromatic rings. The Morgan fingerprint density at radius 1 is 1.23 bits per heavy atom. The molecule has 0 saturated heterocycles. The first-order valence-electron chi connectivity index (χ1n) is 8.09. The lowest BCUT2D eigenvalue weighted by atomic mass is 10.1. The Morgan fingerprint density at radius 2 is 1.96 bits per heavy atom. The van der Waals surface area contributed by atoms with Crippen LogP contribution in [0.4, 0.5) is 10.7 Å². The highest BCUT2D eigenvalue weighted by atomic mass is 32.1. The van der Waals surface area contributed by atoms with Crippen molar-refractivity contribution in [3.05, 3.63) is 45.8 Å². The van der Waals surface area contributed by atoms with Crippen molar-refractivity contribution in [2.24, 2.45) is 0 Å². The number of esters is 1. The molecular weight excluding hydrogens is 372 g/mol. The van der Waals surface area contributed by atoms with E-state index in [9.17, 15) is 9.59 Å². The number of aliphatic carboxylic acids is 1. The number of fused-ring (bicyclic) bond motifs is 1. The van der Waals surface area contributed by atoms with E-state index < -0.39 is 5.97 Å². The van der Waals surface area contributed by atoms with Crippen LogP contribution in [0.1, 0.15) is 32.8 Å². The first kappa shape index (κ1) is 18.3. The van der Waals surface area contributed by atoms with Gasteiger partial charge in [0.15, 0.2) is 5.11 Å². The molecule has 0 atom stereocenters. The molecular formula is C18H18N2O4S2. The van der Waals surface area contributed by atoms with Crippen LogP contribution < -0.4 is 10.6 Å². The Balaban J connectivity index is 1.71. The van der Waals surface area contributed by atoms with E-state index in [1.54, 1.807) is 24.3 Å². The molecule has 6 nitrogen and oxygen atoms in total. The van der Waals surface area contributed by atoms with Crippen molar-refractivity contribution < 1.29 is 19.4 Å². The van der Waals surface area contributed by atoms with Gasteiger partial charge >= 0.3 is 11.9 Å². The average molecular weight is 390 g/mol. The molecule has 0 aliphatic heterocycles. The van der Waals surface area contributed by atoms with Gasteiger partial charge in [-0.1, -0.05) is 12.1 Å². The molecule has 1 aliphatic rings. The zero-order chi connectivity index (χ0) is 18.7. The number of thiocarbonyl (C=S) groups is 1. The number of benzene rings is 1. The van der Waals surface area contributed by atoms with Crippen molar-refractivity contribution in [3.63, 3.8) is 0 Å². The normalized spacial score (nSPS) is 12.3. The number of thiophene rings is 1. The summed E-state index contributed by atoms with van der Waals surface area (Å²) >= 11 is 6.88. The maximum atomic E-state index is 12.2. The topological polar surface area (TPSA) is 87.7 Å². The summed E-state index contributed by atoms with van der Waals surface area (Å²) in [5.74, 6) is -1.23. The largest absolute Gasteiger partial charge is 0.481 e. The van der Waals surface area contributed by atoms with E-state index in [4.69, 9.17) is 22.1 Å². The monoisotopic (exact) mass is 390 g/mol. The molecule has 0 radical (unpaired) electrons. The zero-order valence-corrected chi connectivity index (χ0v) is 15.8. The van der Waals surface area contributed by atoms with Gasteiger partial charge < -0.3 is 20.5 Å². The van der Waals surface area contributed by atoms with E-state index >= 15 is 0 Å². The number of ether oxygens (including phenoxy) is 1. The van der Waals surface area contributed by atoms with Gasteiger partial charge in [-0.05, 0) is 54.7 Å². The van der Waals surface area contributed by atoms with E-state index in [0.29, 0.717) is 21.2 Å². The van der Waals surface area contributed by atoms with E-state index in [-0.39, 0.29) is 12.4 Å². The first-order chi connectivity index (χ1) is 12.5. The Morgan fingerprint density at radius 3 is 2.62 bits per heavy atom. The van der Waals surface area contributed by atoms with Crippen LogP contribution in [0, 0.1) is 0 Å². The Kier molecular flexibility index (Phi) is 5.53. The highest BCUT2D eigenvalue weighted by Gasteiger charge is 2.27. The van der Waals surface area contributed by atoms with Crippen LogP contribution in [-0.2, 0) is 28.8 Å². The minimum atomic E-state index is -0.871. The van der Waals surface area contributed by atoms with Gasteiger partial charge in [-0.2, -0.15) is 0 Å². The zero-order valence-electron chi connectivity index (χ0n) is 14.1. The van der Waals surface area contributed by atoms with E-state index in [1.807, 2.05) is 0 Å². The summed E-state index contributed by atoms with van der Waals surface area (Å²) in [6.07, 6.45) is 2.88. The summed E-state index contributed by atoms with van der Waals surface area (Å²) in [5.41, 5.74) is 3.08. The standard InChI is InChI=1S/C18H18N2O4S2/c1-24-17(23)15-12-3-2-4-13(12)26-16(15)20-18(25)19-11-7-5-10(6-8-11)9-14(21)22/h5-8H,2-4,9H2,1H3,(H,21,22)(H2,19,20,25). The third-order valence-corrected chi connectivity index (χ3v) is 5.52. The Labute approximate surface area is 160 Å². The predicted molar refractivity (Wildman–Crippen MR) is 105 cm³/mol. The number of nitrogens with one attached hydrogen (secondary N) is 2. The summed E-state index contributed by atoms with van der Waals surface area (Å²) < 4.78 is 4.92. The number of anilines is 2. The Bertz CT molecular complexity index is 859. The van der Waals surface area contributed by atoms with Crippen molar-refractivity contribution in [3.8, 4) is 0 Å². The fourth-order valence-corrected chi connectivity index (χ4v) is 4.52. The fraction of sp³-hybridized carbons (Fsp3) is 0.278. The van der Waals surface area contributed by atoms with Gasteiger partial charge in [0.2, 0.25) is 0 Å². The van der Waals surface area contributed by atoms with Crippen LogP contribution in [-0.4, -0.2) is 29.3 Å². The van der Waals surface area contributed by atoms with Gasteiger partial charge in [0.25, 0.3) is 0 Å². The lowest BCUT2D eigenvalue weighted by Gasteiger charge is -2.11. The molecule has 0 amide bonds. The minimum Gasteiger partial charge on any atom is -0.481 e. The van der Waals surface area contributed by atoms with Crippen molar-refractivity contribution in [2.75, 3.05) is 17.7 Å². The van der Waals surface area contributed by atoms with Crippen molar-refractivity contribution >= 4 is 51.3 Å². The van der Waals surface area contributed by atoms with E-state index in [0.717, 1.165) is 30.5 Å². The van der Waals surface area contributed by atoms with Gasteiger partial charge in [-0.3, -0.25) is 4.79 Å². The molecule has 0 bridgehead atoms. The van der Waals surface area contributed by atoms with Crippen LogP contribution in [0.2, 0.25) is 0 Å². The highest BCUT2D eigenvalue weighted by Crippen LogP contribution is 2.39. The lowest BCUT2D eigenvalue weighted by molar-refractivity contribution is -0.136. The lowest BCUT2D eigenvalue weighted by Crippen LogP contribution is -2.20. The van der Waals surface area contributed by atoms with Gasteiger partial charge in [-0.15, -0.1) is 11.3 Å². The summed E-state index contributed by atoms with van der Waals surface area (Å²) in [7, 11) is 1.38. The first-order valence-corrected chi connectivity index (χ1v) is 9.32. The van der Waals surface area contributed by atoms with Crippen LogP contribution >= 0.6 is 23.6 Å². The number of hydrogen-bond donors (Lipinski definition) is 3. The summed E-state index contributed by atoms with van der Waals surface area (Å²) in [5, 5.41) is 16.0. The van der Waals surface area contributed by atoms with Crippen molar-refractivity contribution in [1.82, 2.24) is 0 Å². The average Bonchev–Trinajstić information content (AvgIpc) is 3.16. The SMILES string of the molecule is COC(=O)c1c(NC(=S)Nc2ccc(CC(=O)O)cc2)sc2c1CCC2. The summed E-state index contributed by atoms with van der Waals surface area (Å²) in [6.45, 7) is 0. The number of rotatable bonds is 5. The fourth-order valence-electron chi connectivity index (χ4n) is 2.96. The maximum Gasteiger partial charge on any atom is 0.341 e. The van der Waals surface area contributed by atoms with Crippen LogP contribution in [0.25, 0.3) is 0 Å². The molecule has 0 fully saturated rings. The molecule has 0 unspecified atom stereocenters. The number of carboxylic acid groups (broad SMARTS) is 1. The molecule has 1 aliphatic carbocycles. The number of methoxy groups -OCH3 is 1. The van der Waals surface area contributed by atoms with Gasteiger partial charge in [0, 0.05) is 10.6 Å². The summed E-state index contributed by atoms with van der Waals surface area (Å²) in [6, 6.07) is 7.00. The second kappa shape index (κ2) is 7.84. The maximum absolute atomic E-state index is 12.2. The molecule has 3 rings (SSSR count). The Hall–Kier alpha value is -2.45. The number of aryl methyl sites for hydroxylation is 1. The molecule has 136 valence electrons. The van der Waals surface area contributed by atoms with E-state index in [1.165, 1.54) is 23.3 Å². The van der Waals surface area contributed by atoms with Crippen LogP contribution in [0.15, 0.2) is 24.3 Å². The molecule has 8 heteroatoms. The van der Waals surface area contributed by atoms with E-state index in [2.05, 4.69) is 10.6 Å². The van der Waals surface area contributed by atoms with Crippen molar-refractivity contribution in [1.29, 1.82) is 0 Å². The number of carbonyl (C=O) groups excluding carboxylic acids is 1. The molecule has 1 heterocycles. The predicted octanol–water partition coefficient (Wildman–Crippen LogP) is 3.46. The highest BCUT2D eigenvalue weighted by molar-refractivity contribution is 7.80. The van der Waals surface area contributed by atoms with Crippen LogP contribution in [0.3, 0.4) is 0 Å². The van der Waals surface area contributed by atoms with Gasteiger partial charge in [0.1, 0.15) is 5.00 Å². The molecule has 0 saturated carbocycles. The molecule has 26 heavy (non-hydrogen) atoms. The van der Waals surface area contributed by atoms with Gasteiger partial charge in [-0.25, -0.2) is 4.79 Å². The number of carbonyl (C=O) groups is 2. The molecule has 0 spiro atoms. The molecule has 1 aromatic carbocycles. The number of hydrogen-bond acceptors (Lipinski definition) is 5. The molecule has 3 N–H and O–H groups in total. The number of carboxylic acids is 1. The third-order valence-electron chi connectivity index (χ3n) is 4.11. The third kappa shape index (κ3) is 4.03. The smallest absolute Gasteiger partial charge is 0.341 e. The van der Waals surface area contributed by atoms with Gasteiger partial charge in [0.05, 0.1) is 19.1 Å². The second-order valence-corrected chi connectivity index (χ2v) is 7.41. The second-order valence-electron chi connectivity index (χ2n) is 5.90. The molecule has 1 aromatic heterocycles. The quantitative estimate of drug-likeness (QED) is 0.532. The minimum absolute atomic E-state index is 0.0216. The van der Waals surface area contributed by atoms with Crippen molar-refractivity contribution in [2.45, 2.75) is 25.7 Å². The summed E-state index contributed by atoms with van der Waals surface area (Å²) in [4.78, 5) is 24.1.